The van der Waals surface area contributed by atoms with Gasteiger partial charge in [-0.2, -0.15) is 0 Å². The zero-order valence-electron chi connectivity index (χ0n) is 52.5. The molecule has 0 saturated carbocycles. The molecule has 0 aliphatic carbocycles. The molecule has 0 saturated heterocycles. The lowest BCUT2D eigenvalue weighted by atomic mass is 10.0. The Bertz CT molecular complexity index is 1200. The average molecular weight is 1090 g/mol. The summed E-state index contributed by atoms with van der Waals surface area (Å²) < 4.78 is 16.9. The minimum atomic E-state index is -0.770. The third kappa shape index (κ3) is 64.9. The SMILES string of the molecule is CCCCCCC/C=C\CCCCCCCC(=O)OC(COC(=O)CCCCCCCCCCCCCCC)COC(=O)CCCCCCCCCCCCCCCCCCCCCCCCCCCCCCCCCC. The van der Waals surface area contributed by atoms with Crippen LogP contribution in [0.2, 0.25) is 0 Å². The van der Waals surface area contributed by atoms with Crippen LogP contribution in [0.15, 0.2) is 12.2 Å². The van der Waals surface area contributed by atoms with E-state index in [1.807, 2.05) is 0 Å². The van der Waals surface area contributed by atoms with Gasteiger partial charge in [-0.25, -0.2) is 0 Å². The van der Waals surface area contributed by atoms with Gasteiger partial charge >= 0.3 is 17.9 Å². The van der Waals surface area contributed by atoms with Crippen molar-refractivity contribution in [3.8, 4) is 0 Å². The van der Waals surface area contributed by atoms with E-state index in [0.29, 0.717) is 19.3 Å². The lowest BCUT2D eigenvalue weighted by Crippen LogP contribution is -2.30. The van der Waals surface area contributed by atoms with Crippen LogP contribution in [-0.2, 0) is 28.6 Å². The minimum Gasteiger partial charge on any atom is -0.462 e. The molecule has 0 radical (unpaired) electrons. The monoisotopic (exact) mass is 1090 g/mol. The number of unbranched alkanes of at least 4 members (excludes halogenated alkanes) is 53. The van der Waals surface area contributed by atoms with Crippen molar-refractivity contribution in [1.82, 2.24) is 0 Å². The second-order valence-electron chi connectivity index (χ2n) is 24.2. The fraction of sp³-hybridized carbons (Fsp3) is 0.930. The van der Waals surface area contributed by atoms with Crippen LogP contribution in [0.1, 0.15) is 406 Å². The summed E-state index contributed by atoms with van der Waals surface area (Å²) in [6, 6.07) is 0. The zero-order valence-corrected chi connectivity index (χ0v) is 52.5. The van der Waals surface area contributed by atoms with E-state index in [1.54, 1.807) is 0 Å². The van der Waals surface area contributed by atoms with Gasteiger partial charge in [0, 0.05) is 19.3 Å². The number of ether oxygens (including phenoxy) is 3. The highest BCUT2D eigenvalue weighted by Crippen LogP contribution is 2.19. The van der Waals surface area contributed by atoms with Crippen molar-refractivity contribution in [2.24, 2.45) is 0 Å². The van der Waals surface area contributed by atoms with Crippen molar-refractivity contribution in [3.05, 3.63) is 12.2 Å². The number of allylic oxidation sites excluding steroid dienone is 2. The maximum Gasteiger partial charge on any atom is 0.306 e. The minimum absolute atomic E-state index is 0.0670. The first-order chi connectivity index (χ1) is 38.0. The normalized spacial score (nSPS) is 12.0. The average Bonchev–Trinajstić information content (AvgIpc) is 3.43. The van der Waals surface area contributed by atoms with Crippen molar-refractivity contribution >= 4 is 17.9 Å². The van der Waals surface area contributed by atoms with E-state index >= 15 is 0 Å². The van der Waals surface area contributed by atoms with Crippen molar-refractivity contribution in [1.29, 1.82) is 0 Å². The van der Waals surface area contributed by atoms with E-state index in [9.17, 15) is 14.4 Å². The number of rotatable bonds is 66. The lowest BCUT2D eigenvalue weighted by Gasteiger charge is -2.18. The zero-order chi connectivity index (χ0) is 55.7. The Morgan fingerprint density at radius 3 is 0.649 bits per heavy atom. The van der Waals surface area contributed by atoms with Gasteiger partial charge in [0.1, 0.15) is 13.2 Å². The molecule has 0 heterocycles. The molecule has 0 aliphatic heterocycles. The maximum atomic E-state index is 12.9. The Labute approximate surface area is 481 Å². The largest absolute Gasteiger partial charge is 0.462 e. The van der Waals surface area contributed by atoms with E-state index in [1.165, 1.54) is 302 Å². The van der Waals surface area contributed by atoms with E-state index in [4.69, 9.17) is 14.2 Å². The topological polar surface area (TPSA) is 78.9 Å². The summed E-state index contributed by atoms with van der Waals surface area (Å²) in [4.78, 5) is 38.3. The predicted octanol–water partition coefficient (Wildman–Crippen LogP) is 24.0. The highest BCUT2D eigenvalue weighted by Gasteiger charge is 2.19. The molecule has 0 aliphatic rings. The quantitative estimate of drug-likeness (QED) is 0.0261. The molecule has 0 fully saturated rings. The molecule has 77 heavy (non-hydrogen) atoms. The maximum absolute atomic E-state index is 12.9. The van der Waals surface area contributed by atoms with E-state index in [2.05, 4.69) is 32.9 Å². The predicted molar refractivity (Wildman–Crippen MR) is 335 cm³/mol. The molecular formula is C71H136O6. The molecule has 0 rings (SSSR count). The molecule has 456 valence electrons. The Morgan fingerprint density at radius 1 is 0.247 bits per heavy atom. The van der Waals surface area contributed by atoms with Crippen LogP contribution >= 0.6 is 0 Å². The number of carbonyl (C=O) groups is 3. The standard InChI is InChI=1S/C71H136O6/c1-4-7-10-13-16-19-22-25-27-28-29-30-31-32-33-34-35-36-37-38-39-40-41-42-43-44-47-49-52-55-58-61-64-70(73)76-67-68(66-75-69(72)63-60-57-54-51-48-45-24-21-18-15-12-9-6-3)77-71(74)65-62-59-56-53-50-46-26-23-20-17-14-11-8-5-2/h23,26,68H,4-22,24-25,27-67H2,1-3H3/b26-23-. The first kappa shape index (κ1) is 75.2. The Hall–Kier alpha value is -1.85. The smallest absolute Gasteiger partial charge is 0.306 e. The summed E-state index contributed by atoms with van der Waals surface area (Å²) in [7, 11) is 0. The molecule has 6 heteroatoms. The van der Waals surface area contributed by atoms with Gasteiger partial charge in [0.05, 0.1) is 0 Å². The Balaban J connectivity index is 4.05. The highest BCUT2D eigenvalue weighted by molar-refractivity contribution is 5.71. The second kappa shape index (κ2) is 66.7. The van der Waals surface area contributed by atoms with Gasteiger partial charge in [-0.05, 0) is 44.9 Å². The number of carbonyl (C=O) groups excluding carboxylic acids is 3. The van der Waals surface area contributed by atoms with Crippen LogP contribution in [-0.4, -0.2) is 37.2 Å². The van der Waals surface area contributed by atoms with Crippen LogP contribution in [0, 0.1) is 0 Å². The summed E-state index contributed by atoms with van der Waals surface area (Å²) in [6.45, 7) is 6.70. The van der Waals surface area contributed by atoms with E-state index < -0.39 is 6.10 Å². The summed E-state index contributed by atoms with van der Waals surface area (Å²) in [5.74, 6) is -0.845. The molecule has 1 unspecified atom stereocenters. The summed E-state index contributed by atoms with van der Waals surface area (Å²) in [5.41, 5.74) is 0. The number of hydrogen-bond acceptors (Lipinski definition) is 6. The summed E-state index contributed by atoms with van der Waals surface area (Å²) in [6.07, 6.45) is 79.8. The molecule has 1 atom stereocenters. The van der Waals surface area contributed by atoms with Gasteiger partial charge in [0.25, 0.3) is 0 Å². The van der Waals surface area contributed by atoms with Gasteiger partial charge in [-0.15, -0.1) is 0 Å². The van der Waals surface area contributed by atoms with Crippen molar-refractivity contribution < 1.29 is 28.6 Å². The third-order valence-corrected chi connectivity index (χ3v) is 16.3. The Kier molecular flexibility index (Phi) is 65.1. The van der Waals surface area contributed by atoms with Crippen molar-refractivity contribution in [2.75, 3.05) is 13.2 Å². The van der Waals surface area contributed by atoms with Gasteiger partial charge in [-0.1, -0.05) is 354 Å². The van der Waals surface area contributed by atoms with Crippen molar-refractivity contribution in [3.63, 3.8) is 0 Å². The molecule has 0 N–H and O–H groups in total. The van der Waals surface area contributed by atoms with Crippen LogP contribution in [0.3, 0.4) is 0 Å². The first-order valence-electron chi connectivity index (χ1n) is 35.2. The lowest BCUT2D eigenvalue weighted by molar-refractivity contribution is -0.167. The molecular weight excluding hydrogens is 949 g/mol. The molecule has 0 spiro atoms. The number of esters is 3. The fourth-order valence-electron chi connectivity index (χ4n) is 11.0. The molecule has 0 aromatic heterocycles. The first-order valence-corrected chi connectivity index (χ1v) is 35.2. The van der Waals surface area contributed by atoms with E-state index in [-0.39, 0.29) is 31.1 Å². The molecule has 0 aromatic carbocycles. The second-order valence-corrected chi connectivity index (χ2v) is 24.2. The van der Waals surface area contributed by atoms with E-state index in [0.717, 1.165) is 64.2 Å². The molecule has 0 amide bonds. The van der Waals surface area contributed by atoms with Gasteiger partial charge in [0.15, 0.2) is 6.10 Å². The highest BCUT2D eigenvalue weighted by atomic mass is 16.6. The molecule has 0 bridgehead atoms. The van der Waals surface area contributed by atoms with Crippen LogP contribution in [0.5, 0.6) is 0 Å². The number of hydrogen-bond donors (Lipinski definition) is 0. The van der Waals surface area contributed by atoms with Crippen LogP contribution in [0.25, 0.3) is 0 Å². The summed E-state index contributed by atoms with van der Waals surface area (Å²) >= 11 is 0. The van der Waals surface area contributed by atoms with Gasteiger partial charge < -0.3 is 14.2 Å². The van der Waals surface area contributed by atoms with Crippen molar-refractivity contribution in [2.45, 2.75) is 412 Å². The molecule has 6 nitrogen and oxygen atoms in total. The fourth-order valence-corrected chi connectivity index (χ4v) is 11.0. The van der Waals surface area contributed by atoms with Crippen LogP contribution in [0.4, 0.5) is 0 Å². The summed E-state index contributed by atoms with van der Waals surface area (Å²) in [5, 5.41) is 0. The van der Waals surface area contributed by atoms with Gasteiger partial charge in [0.2, 0.25) is 0 Å². The Morgan fingerprint density at radius 2 is 0.429 bits per heavy atom. The van der Waals surface area contributed by atoms with Gasteiger partial charge in [-0.3, -0.25) is 14.4 Å². The third-order valence-electron chi connectivity index (χ3n) is 16.3. The molecule has 0 aromatic rings. The van der Waals surface area contributed by atoms with Crippen LogP contribution < -0.4 is 0 Å².